The second-order valence-electron chi connectivity index (χ2n) is 8.60. The number of amides is 1. The number of carbonyl (C=O) groups excluding carboxylic acids is 1. The van der Waals surface area contributed by atoms with Gasteiger partial charge >= 0.3 is 0 Å². The highest BCUT2D eigenvalue weighted by atomic mass is 32.2. The zero-order valence-corrected chi connectivity index (χ0v) is 21.7. The molecule has 0 spiro atoms. The van der Waals surface area contributed by atoms with Gasteiger partial charge in [-0.1, -0.05) is 67.6 Å². The molecule has 0 N–H and O–H groups in total. The molecular weight excluding hydrogens is 476 g/mol. The Kier molecular flexibility index (Phi) is 8.00. The largest absolute Gasteiger partial charge is 0.332 e. The van der Waals surface area contributed by atoms with E-state index in [-0.39, 0.29) is 23.9 Å². The first-order chi connectivity index (χ1) is 16.9. The first kappa shape index (κ1) is 25.1. The summed E-state index contributed by atoms with van der Waals surface area (Å²) in [6.07, 6.45) is 0.614. The van der Waals surface area contributed by atoms with Crippen LogP contribution >= 0.6 is 11.3 Å². The fourth-order valence-electron chi connectivity index (χ4n) is 4.06. The number of aryl methyl sites for hydroxylation is 1. The predicted octanol–water partition coefficient (Wildman–Crippen LogP) is 5.84. The van der Waals surface area contributed by atoms with Crippen LogP contribution in [0.3, 0.4) is 0 Å². The van der Waals surface area contributed by atoms with E-state index in [0.29, 0.717) is 19.5 Å². The summed E-state index contributed by atoms with van der Waals surface area (Å²) in [5.74, 6) is -0.210. The number of thiophene rings is 1. The molecule has 0 atom stereocenters. The van der Waals surface area contributed by atoms with Gasteiger partial charge in [0.1, 0.15) is 0 Å². The predicted molar refractivity (Wildman–Crippen MR) is 143 cm³/mol. The number of carbonyl (C=O) groups is 1. The molecule has 0 saturated carbocycles. The molecule has 3 aromatic carbocycles. The number of rotatable bonds is 10. The number of hydrogen-bond donors (Lipinski definition) is 0. The molecule has 1 aromatic heterocycles. The summed E-state index contributed by atoms with van der Waals surface area (Å²) in [5.41, 5.74) is 1.01. The Hall–Kier alpha value is -3.00. The van der Waals surface area contributed by atoms with Crippen molar-refractivity contribution in [3.8, 4) is 0 Å². The van der Waals surface area contributed by atoms with E-state index in [4.69, 9.17) is 0 Å². The summed E-state index contributed by atoms with van der Waals surface area (Å²) in [5, 5.41) is 1.83. The van der Waals surface area contributed by atoms with Gasteiger partial charge in [0.2, 0.25) is 15.9 Å². The van der Waals surface area contributed by atoms with Crippen molar-refractivity contribution in [3.63, 3.8) is 0 Å². The second kappa shape index (κ2) is 11.2. The van der Waals surface area contributed by atoms with E-state index in [1.54, 1.807) is 28.4 Å². The normalized spacial score (nSPS) is 11.7. The first-order valence-corrected chi connectivity index (χ1v) is 14.0. The fraction of sp³-hybridized carbons (Fsp3) is 0.250. The Morgan fingerprint density at radius 1 is 0.857 bits per heavy atom. The van der Waals surface area contributed by atoms with Crippen molar-refractivity contribution in [2.24, 2.45) is 0 Å². The van der Waals surface area contributed by atoms with Gasteiger partial charge in [-0.2, -0.15) is 4.31 Å². The lowest BCUT2D eigenvalue weighted by molar-refractivity contribution is -0.132. The van der Waals surface area contributed by atoms with Crippen LogP contribution in [0.25, 0.3) is 10.8 Å². The molecule has 1 heterocycles. The third-order valence-electron chi connectivity index (χ3n) is 5.86. The van der Waals surface area contributed by atoms with Crippen LogP contribution in [-0.2, 0) is 27.9 Å². The average molecular weight is 507 g/mol. The Morgan fingerprint density at radius 2 is 1.57 bits per heavy atom. The lowest BCUT2D eigenvalue weighted by Crippen LogP contribution is -2.42. The molecule has 0 aliphatic heterocycles. The van der Waals surface area contributed by atoms with Gasteiger partial charge in [0, 0.05) is 22.8 Å². The smallest absolute Gasteiger partial charge is 0.243 e. The Balaban J connectivity index is 1.60. The van der Waals surface area contributed by atoms with Crippen LogP contribution in [0, 0.1) is 6.92 Å². The molecule has 0 aliphatic rings. The highest BCUT2D eigenvalue weighted by Gasteiger charge is 2.28. The molecule has 0 fully saturated rings. The molecule has 0 aliphatic carbocycles. The number of sulfonamides is 1. The Labute approximate surface area is 211 Å². The van der Waals surface area contributed by atoms with Crippen LogP contribution in [-0.4, -0.2) is 36.6 Å². The van der Waals surface area contributed by atoms with Crippen LogP contribution in [0.2, 0.25) is 0 Å². The Morgan fingerprint density at radius 3 is 2.26 bits per heavy atom. The van der Waals surface area contributed by atoms with Gasteiger partial charge in [-0.15, -0.1) is 11.3 Å². The zero-order chi connectivity index (χ0) is 24.8. The highest BCUT2D eigenvalue weighted by molar-refractivity contribution is 7.89. The van der Waals surface area contributed by atoms with Gasteiger partial charge in [-0.25, -0.2) is 8.42 Å². The van der Waals surface area contributed by atoms with E-state index in [2.05, 4.69) is 0 Å². The summed E-state index contributed by atoms with van der Waals surface area (Å²) >= 11 is 1.65. The lowest BCUT2D eigenvalue weighted by Gasteiger charge is -2.27. The van der Waals surface area contributed by atoms with Gasteiger partial charge in [0.05, 0.1) is 18.0 Å². The molecule has 4 rings (SSSR count). The van der Waals surface area contributed by atoms with E-state index in [1.165, 1.54) is 9.18 Å². The minimum absolute atomic E-state index is 0.194. The van der Waals surface area contributed by atoms with Crippen LogP contribution in [0.5, 0.6) is 0 Å². The quantitative estimate of drug-likeness (QED) is 0.272. The van der Waals surface area contributed by atoms with E-state index in [0.717, 1.165) is 21.2 Å². The van der Waals surface area contributed by atoms with Gasteiger partial charge in [-0.3, -0.25) is 4.79 Å². The molecule has 182 valence electrons. The minimum Gasteiger partial charge on any atom is -0.332 e. The topological polar surface area (TPSA) is 57.7 Å². The van der Waals surface area contributed by atoms with Crippen molar-refractivity contribution in [2.75, 3.05) is 13.1 Å². The van der Waals surface area contributed by atoms with Gasteiger partial charge < -0.3 is 4.90 Å². The summed E-state index contributed by atoms with van der Waals surface area (Å²) in [6.45, 7) is 4.91. The molecule has 35 heavy (non-hydrogen) atoms. The third kappa shape index (κ3) is 6.17. The lowest BCUT2D eigenvalue weighted by atomic mass is 10.1. The second-order valence-corrected chi connectivity index (χ2v) is 11.9. The standard InChI is InChI=1S/C28H30N2O3S2/c1-3-17-30(35(32,33)27-16-14-24-11-7-8-12-25(24)18-27)21-28(31)29(19-23-9-5-4-6-10-23)20-26-15-13-22(2)34-26/h4-16,18H,3,17,19-21H2,1-2H3. The molecular formula is C28H30N2O3S2. The molecule has 5 nitrogen and oxygen atoms in total. The van der Waals surface area contributed by atoms with Gasteiger partial charge in [-0.05, 0) is 53.9 Å². The molecule has 0 saturated heterocycles. The monoisotopic (exact) mass is 506 g/mol. The molecule has 0 radical (unpaired) electrons. The van der Waals surface area contributed by atoms with E-state index >= 15 is 0 Å². The van der Waals surface area contributed by atoms with Gasteiger partial charge in [0.15, 0.2) is 0 Å². The van der Waals surface area contributed by atoms with Crippen molar-refractivity contribution in [2.45, 2.75) is 38.3 Å². The molecule has 1 amide bonds. The van der Waals surface area contributed by atoms with Crippen LogP contribution in [0.4, 0.5) is 0 Å². The van der Waals surface area contributed by atoms with Crippen LogP contribution in [0.15, 0.2) is 89.8 Å². The molecule has 4 aromatic rings. The van der Waals surface area contributed by atoms with Crippen molar-refractivity contribution >= 4 is 38.0 Å². The van der Waals surface area contributed by atoms with E-state index < -0.39 is 10.0 Å². The molecule has 0 unspecified atom stereocenters. The highest BCUT2D eigenvalue weighted by Crippen LogP contribution is 2.23. The average Bonchev–Trinajstić information content (AvgIpc) is 3.28. The summed E-state index contributed by atoms with van der Waals surface area (Å²) in [7, 11) is -3.84. The maximum Gasteiger partial charge on any atom is 0.243 e. The maximum atomic E-state index is 13.6. The summed E-state index contributed by atoms with van der Waals surface area (Å²) < 4.78 is 28.5. The first-order valence-electron chi connectivity index (χ1n) is 11.7. The Bertz CT molecular complexity index is 1400. The van der Waals surface area contributed by atoms with Crippen molar-refractivity contribution in [1.82, 2.24) is 9.21 Å². The van der Waals surface area contributed by atoms with Crippen molar-refractivity contribution in [3.05, 3.63) is 100 Å². The van der Waals surface area contributed by atoms with Crippen molar-refractivity contribution in [1.29, 1.82) is 0 Å². The van der Waals surface area contributed by atoms with Crippen LogP contribution in [0.1, 0.15) is 28.7 Å². The zero-order valence-electron chi connectivity index (χ0n) is 20.1. The van der Waals surface area contributed by atoms with E-state index in [1.807, 2.05) is 86.6 Å². The number of fused-ring (bicyclic) bond motifs is 1. The number of nitrogens with zero attached hydrogens (tertiary/aromatic N) is 2. The maximum absolute atomic E-state index is 13.6. The minimum atomic E-state index is -3.84. The van der Waals surface area contributed by atoms with Crippen LogP contribution < -0.4 is 0 Å². The van der Waals surface area contributed by atoms with Gasteiger partial charge in [0.25, 0.3) is 0 Å². The number of hydrogen-bond acceptors (Lipinski definition) is 4. The third-order valence-corrected chi connectivity index (χ3v) is 8.68. The fourth-order valence-corrected chi connectivity index (χ4v) is 6.48. The SMILES string of the molecule is CCCN(CC(=O)N(Cc1ccccc1)Cc1ccc(C)s1)S(=O)(=O)c1ccc2ccccc2c1. The van der Waals surface area contributed by atoms with Crippen molar-refractivity contribution < 1.29 is 13.2 Å². The summed E-state index contributed by atoms with van der Waals surface area (Å²) in [6, 6.07) is 26.7. The number of benzene rings is 3. The van der Waals surface area contributed by atoms with E-state index in [9.17, 15) is 13.2 Å². The molecule has 7 heteroatoms. The molecule has 0 bridgehead atoms. The summed E-state index contributed by atoms with van der Waals surface area (Å²) in [4.78, 5) is 17.8.